The molecular formula is C14H18BrNO2. The number of carbonyl (C=O) groups excluding carboxylic acids is 1. The van der Waals surface area contributed by atoms with Crippen molar-refractivity contribution in [3.05, 3.63) is 35.9 Å². The highest BCUT2D eigenvalue weighted by Crippen LogP contribution is 2.19. The van der Waals surface area contributed by atoms with Gasteiger partial charge in [-0.2, -0.15) is 0 Å². The Morgan fingerprint density at radius 1 is 1.33 bits per heavy atom. The van der Waals surface area contributed by atoms with Gasteiger partial charge in [0, 0.05) is 24.5 Å². The lowest BCUT2D eigenvalue weighted by Gasteiger charge is -2.24. The molecule has 0 saturated carbocycles. The maximum absolute atomic E-state index is 12.2. The lowest BCUT2D eigenvalue weighted by molar-refractivity contribution is -0.128. The first kappa shape index (κ1) is 13.6. The minimum Gasteiger partial charge on any atom is -0.381 e. The van der Waals surface area contributed by atoms with Crippen LogP contribution in [-0.2, 0) is 9.53 Å². The van der Waals surface area contributed by atoms with Crippen molar-refractivity contribution < 1.29 is 9.53 Å². The van der Waals surface area contributed by atoms with Gasteiger partial charge >= 0.3 is 0 Å². The van der Waals surface area contributed by atoms with E-state index in [1.807, 2.05) is 30.3 Å². The standard InChI is InChI=1S/C14H18BrNO2/c15-10-13(11-4-2-1-3-5-11)16-14(17)12-6-8-18-9-7-12/h1-5,12-13H,6-10H2,(H,16,17). The van der Waals surface area contributed by atoms with Crippen LogP contribution in [0.1, 0.15) is 24.4 Å². The van der Waals surface area contributed by atoms with Crippen molar-refractivity contribution in [3.8, 4) is 0 Å². The van der Waals surface area contributed by atoms with Crippen LogP contribution in [-0.4, -0.2) is 24.5 Å². The summed E-state index contributed by atoms with van der Waals surface area (Å²) in [4.78, 5) is 12.2. The second-order valence-corrected chi connectivity index (χ2v) is 5.16. The summed E-state index contributed by atoms with van der Waals surface area (Å²) >= 11 is 3.47. The van der Waals surface area contributed by atoms with Crippen molar-refractivity contribution in [1.82, 2.24) is 5.32 Å². The highest BCUT2D eigenvalue weighted by atomic mass is 79.9. The van der Waals surface area contributed by atoms with Gasteiger partial charge in [0.2, 0.25) is 5.91 Å². The molecule has 1 heterocycles. The summed E-state index contributed by atoms with van der Waals surface area (Å²) in [6.45, 7) is 1.39. The molecule has 1 fully saturated rings. The molecular weight excluding hydrogens is 294 g/mol. The maximum atomic E-state index is 12.2. The highest BCUT2D eigenvalue weighted by molar-refractivity contribution is 9.09. The Morgan fingerprint density at radius 2 is 2.00 bits per heavy atom. The zero-order valence-electron chi connectivity index (χ0n) is 10.3. The van der Waals surface area contributed by atoms with E-state index in [1.165, 1.54) is 0 Å². The SMILES string of the molecule is O=C(NC(CBr)c1ccccc1)C1CCOCC1. The third kappa shape index (κ3) is 3.56. The average molecular weight is 312 g/mol. The topological polar surface area (TPSA) is 38.3 Å². The number of amides is 1. The van der Waals surface area contributed by atoms with Gasteiger partial charge < -0.3 is 10.1 Å². The second kappa shape index (κ2) is 6.90. The third-order valence-electron chi connectivity index (χ3n) is 3.26. The van der Waals surface area contributed by atoms with E-state index < -0.39 is 0 Å². The molecule has 1 unspecified atom stereocenters. The van der Waals surface area contributed by atoms with Crippen LogP contribution >= 0.6 is 15.9 Å². The predicted molar refractivity (Wildman–Crippen MR) is 74.7 cm³/mol. The third-order valence-corrected chi connectivity index (χ3v) is 3.91. The van der Waals surface area contributed by atoms with E-state index in [0.29, 0.717) is 13.2 Å². The molecule has 1 atom stereocenters. The van der Waals surface area contributed by atoms with Gasteiger partial charge in [-0.15, -0.1) is 0 Å². The molecule has 1 aliphatic heterocycles. The summed E-state index contributed by atoms with van der Waals surface area (Å²) < 4.78 is 5.28. The van der Waals surface area contributed by atoms with E-state index in [2.05, 4.69) is 21.2 Å². The molecule has 3 nitrogen and oxygen atoms in total. The number of benzene rings is 1. The van der Waals surface area contributed by atoms with Gasteiger partial charge in [-0.3, -0.25) is 4.79 Å². The van der Waals surface area contributed by atoms with Crippen molar-refractivity contribution in [1.29, 1.82) is 0 Å². The summed E-state index contributed by atoms with van der Waals surface area (Å²) in [5.74, 6) is 0.246. The van der Waals surface area contributed by atoms with E-state index in [-0.39, 0.29) is 17.9 Å². The molecule has 0 bridgehead atoms. The van der Waals surface area contributed by atoms with E-state index in [1.54, 1.807) is 0 Å². The molecule has 1 N–H and O–H groups in total. The van der Waals surface area contributed by atoms with E-state index in [4.69, 9.17) is 4.74 Å². The van der Waals surface area contributed by atoms with Crippen LogP contribution in [0.3, 0.4) is 0 Å². The molecule has 1 aliphatic rings. The van der Waals surface area contributed by atoms with Crippen molar-refractivity contribution in [3.63, 3.8) is 0 Å². The molecule has 1 aromatic carbocycles. The van der Waals surface area contributed by atoms with Gasteiger partial charge in [0.15, 0.2) is 0 Å². The van der Waals surface area contributed by atoms with Crippen LogP contribution in [0, 0.1) is 5.92 Å². The van der Waals surface area contributed by atoms with Crippen molar-refractivity contribution in [2.45, 2.75) is 18.9 Å². The van der Waals surface area contributed by atoms with Crippen molar-refractivity contribution in [2.75, 3.05) is 18.5 Å². The minimum atomic E-state index is 0.0431. The monoisotopic (exact) mass is 311 g/mol. The van der Waals surface area contributed by atoms with Crippen molar-refractivity contribution in [2.24, 2.45) is 5.92 Å². The smallest absolute Gasteiger partial charge is 0.223 e. The number of halogens is 1. The Labute approximate surface area is 116 Å². The summed E-state index contributed by atoms with van der Waals surface area (Å²) in [6, 6.07) is 10.1. The molecule has 98 valence electrons. The Hall–Kier alpha value is -0.870. The number of alkyl halides is 1. The van der Waals surface area contributed by atoms with Crippen molar-refractivity contribution >= 4 is 21.8 Å². The Morgan fingerprint density at radius 3 is 2.61 bits per heavy atom. The van der Waals surface area contributed by atoms with E-state index >= 15 is 0 Å². The molecule has 0 aliphatic carbocycles. The van der Waals surface area contributed by atoms with Crippen LogP contribution in [0.25, 0.3) is 0 Å². The molecule has 1 aromatic rings. The zero-order chi connectivity index (χ0) is 12.8. The summed E-state index contributed by atoms with van der Waals surface area (Å²) in [5, 5.41) is 3.84. The molecule has 1 saturated heterocycles. The molecule has 18 heavy (non-hydrogen) atoms. The van der Waals surface area contributed by atoms with Crippen LogP contribution in [0.4, 0.5) is 0 Å². The average Bonchev–Trinajstić information content (AvgIpc) is 2.46. The zero-order valence-corrected chi connectivity index (χ0v) is 11.9. The molecule has 0 radical (unpaired) electrons. The molecule has 2 rings (SSSR count). The maximum Gasteiger partial charge on any atom is 0.223 e. The number of ether oxygens (including phenoxy) is 1. The first-order chi connectivity index (χ1) is 8.81. The summed E-state index contributed by atoms with van der Waals surface area (Å²) in [5.41, 5.74) is 1.13. The number of nitrogens with one attached hydrogen (secondary N) is 1. The molecule has 0 aromatic heterocycles. The van der Waals surface area contributed by atoms with Gasteiger partial charge in [0.1, 0.15) is 0 Å². The van der Waals surface area contributed by atoms with Gasteiger partial charge in [-0.1, -0.05) is 46.3 Å². The second-order valence-electron chi connectivity index (χ2n) is 4.51. The van der Waals surface area contributed by atoms with E-state index in [0.717, 1.165) is 23.7 Å². The lowest BCUT2D eigenvalue weighted by atomic mass is 9.98. The molecule has 4 heteroatoms. The largest absolute Gasteiger partial charge is 0.381 e. The Balaban J connectivity index is 1.95. The van der Waals surface area contributed by atoms with Gasteiger partial charge in [0.05, 0.1) is 6.04 Å². The lowest BCUT2D eigenvalue weighted by Crippen LogP contribution is -2.37. The first-order valence-electron chi connectivity index (χ1n) is 6.30. The fourth-order valence-corrected chi connectivity index (χ4v) is 2.68. The van der Waals surface area contributed by atoms with Gasteiger partial charge in [-0.05, 0) is 18.4 Å². The van der Waals surface area contributed by atoms with Crippen LogP contribution in [0.15, 0.2) is 30.3 Å². The number of rotatable bonds is 4. The molecule has 0 spiro atoms. The minimum absolute atomic E-state index is 0.0431. The van der Waals surface area contributed by atoms with Crippen LogP contribution in [0.2, 0.25) is 0 Å². The predicted octanol–water partition coefficient (Wildman–Crippen LogP) is 2.67. The fourth-order valence-electron chi connectivity index (χ4n) is 2.15. The summed E-state index contributed by atoms with van der Waals surface area (Å²) in [7, 11) is 0. The van der Waals surface area contributed by atoms with E-state index in [9.17, 15) is 4.79 Å². The fraction of sp³-hybridized carbons (Fsp3) is 0.500. The Bertz CT molecular complexity index is 377. The quantitative estimate of drug-likeness (QED) is 0.868. The number of hydrogen-bond acceptors (Lipinski definition) is 2. The number of carbonyl (C=O) groups is 1. The Kier molecular flexibility index (Phi) is 5.20. The first-order valence-corrected chi connectivity index (χ1v) is 7.42. The summed E-state index contributed by atoms with van der Waals surface area (Å²) in [6.07, 6.45) is 1.66. The van der Waals surface area contributed by atoms with Gasteiger partial charge in [0.25, 0.3) is 0 Å². The molecule has 1 amide bonds. The normalized spacial score (nSPS) is 18.3. The number of hydrogen-bond donors (Lipinski definition) is 1. The highest BCUT2D eigenvalue weighted by Gasteiger charge is 2.23. The van der Waals surface area contributed by atoms with Gasteiger partial charge in [-0.25, -0.2) is 0 Å². The van der Waals surface area contributed by atoms with Crippen LogP contribution in [0.5, 0.6) is 0 Å². The van der Waals surface area contributed by atoms with Crippen LogP contribution < -0.4 is 5.32 Å².